The topological polar surface area (TPSA) is 67.6 Å². The van der Waals surface area contributed by atoms with Crippen molar-refractivity contribution in [3.8, 4) is 11.8 Å². The lowest BCUT2D eigenvalue weighted by Gasteiger charge is -2.03. The Morgan fingerprint density at radius 2 is 2.27 bits per heavy atom. The van der Waals surface area contributed by atoms with Gasteiger partial charge < -0.3 is 5.73 Å². The van der Waals surface area contributed by atoms with Gasteiger partial charge in [-0.2, -0.15) is 10.4 Å². The summed E-state index contributed by atoms with van der Waals surface area (Å²) in [5.74, 6) is 0. The highest BCUT2D eigenvalue weighted by atomic mass is 15.3. The van der Waals surface area contributed by atoms with Gasteiger partial charge >= 0.3 is 0 Å². The van der Waals surface area contributed by atoms with E-state index >= 15 is 0 Å². The molecule has 0 unspecified atom stereocenters. The number of nitrogens with two attached hydrogens (primary N) is 1. The second kappa shape index (κ2) is 3.46. The largest absolute Gasteiger partial charge is 0.396 e. The van der Waals surface area contributed by atoms with Crippen LogP contribution in [0.25, 0.3) is 5.69 Å². The molecule has 0 spiro atoms. The Morgan fingerprint density at radius 3 is 2.80 bits per heavy atom. The third kappa shape index (κ3) is 1.67. The molecule has 2 aromatic rings. The van der Waals surface area contributed by atoms with Gasteiger partial charge in [0, 0.05) is 0 Å². The Bertz CT molecular complexity index is 534. The van der Waals surface area contributed by atoms with Crippen LogP contribution in [0.1, 0.15) is 11.1 Å². The number of aromatic nitrogens is 2. The number of hydrogen-bond donors (Lipinski definition) is 1. The van der Waals surface area contributed by atoms with Gasteiger partial charge in [-0.25, -0.2) is 4.68 Å². The minimum atomic E-state index is 0.622. The van der Waals surface area contributed by atoms with E-state index < -0.39 is 0 Å². The monoisotopic (exact) mass is 198 g/mol. The molecule has 2 N–H and O–H groups in total. The Balaban J connectivity index is 2.48. The highest BCUT2D eigenvalue weighted by Crippen LogP contribution is 2.14. The molecule has 1 heterocycles. The number of hydrogen-bond acceptors (Lipinski definition) is 3. The normalized spacial score (nSPS) is 9.87. The van der Waals surface area contributed by atoms with Crippen LogP contribution in [-0.2, 0) is 0 Å². The molecule has 1 aromatic carbocycles. The van der Waals surface area contributed by atoms with Crippen molar-refractivity contribution < 1.29 is 0 Å². The molecule has 2 rings (SSSR count). The number of anilines is 1. The van der Waals surface area contributed by atoms with Crippen LogP contribution in [0.3, 0.4) is 0 Å². The van der Waals surface area contributed by atoms with Crippen LogP contribution in [0.5, 0.6) is 0 Å². The average molecular weight is 198 g/mol. The van der Waals surface area contributed by atoms with Gasteiger partial charge in [0.25, 0.3) is 0 Å². The molecule has 4 nitrogen and oxygen atoms in total. The maximum atomic E-state index is 8.79. The maximum absolute atomic E-state index is 8.79. The van der Waals surface area contributed by atoms with Crippen molar-refractivity contribution in [2.24, 2.45) is 0 Å². The molecule has 0 saturated heterocycles. The lowest BCUT2D eigenvalue weighted by atomic mass is 10.1. The van der Waals surface area contributed by atoms with E-state index in [0.29, 0.717) is 11.3 Å². The summed E-state index contributed by atoms with van der Waals surface area (Å²) in [4.78, 5) is 0. The van der Waals surface area contributed by atoms with E-state index in [0.717, 1.165) is 11.3 Å². The van der Waals surface area contributed by atoms with Crippen molar-refractivity contribution in [3.05, 3.63) is 41.7 Å². The van der Waals surface area contributed by atoms with Crippen LogP contribution in [0.2, 0.25) is 0 Å². The first-order valence-electron chi connectivity index (χ1n) is 4.52. The van der Waals surface area contributed by atoms with Gasteiger partial charge in [0.1, 0.15) is 0 Å². The highest BCUT2D eigenvalue weighted by molar-refractivity contribution is 5.46. The van der Waals surface area contributed by atoms with Crippen molar-refractivity contribution >= 4 is 5.69 Å². The summed E-state index contributed by atoms with van der Waals surface area (Å²) >= 11 is 0. The standard InChI is InChI=1S/C11H10N4/c1-8-4-11(3-2-9(8)5-12)15-7-10(13)6-14-15/h2-4,6-7H,13H2,1H3. The Kier molecular flexibility index (Phi) is 2.14. The highest BCUT2D eigenvalue weighted by Gasteiger charge is 2.01. The fourth-order valence-electron chi connectivity index (χ4n) is 1.39. The minimum absolute atomic E-state index is 0.622. The first-order valence-corrected chi connectivity index (χ1v) is 4.52. The van der Waals surface area contributed by atoms with Gasteiger partial charge in [0.05, 0.1) is 35.4 Å². The second-order valence-corrected chi connectivity index (χ2v) is 3.33. The molecule has 0 saturated carbocycles. The van der Waals surface area contributed by atoms with Gasteiger partial charge in [-0.1, -0.05) is 0 Å². The van der Waals surface area contributed by atoms with Crippen molar-refractivity contribution in [1.29, 1.82) is 5.26 Å². The lowest BCUT2D eigenvalue weighted by molar-refractivity contribution is 0.879. The van der Waals surface area contributed by atoms with E-state index in [4.69, 9.17) is 11.0 Å². The minimum Gasteiger partial charge on any atom is -0.396 e. The maximum Gasteiger partial charge on any atom is 0.0994 e. The third-order valence-electron chi connectivity index (χ3n) is 2.20. The van der Waals surface area contributed by atoms with Gasteiger partial charge in [-0.15, -0.1) is 0 Å². The van der Waals surface area contributed by atoms with Crippen molar-refractivity contribution in [2.75, 3.05) is 5.73 Å². The van der Waals surface area contributed by atoms with Crippen LogP contribution in [0.4, 0.5) is 5.69 Å². The molecule has 15 heavy (non-hydrogen) atoms. The fourth-order valence-corrected chi connectivity index (χ4v) is 1.39. The smallest absolute Gasteiger partial charge is 0.0994 e. The molecular weight excluding hydrogens is 188 g/mol. The average Bonchev–Trinajstić information content (AvgIpc) is 2.65. The zero-order valence-corrected chi connectivity index (χ0v) is 8.31. The van der Waals surface area contributed by atoms with Crippen LogP contribution in [0, 0.1) is 18.3 Å². The van der Waals surface area contributed by atoms with E-state index in [2.05, 4.69) is 11.2 Å². The van der Waals surface area contributed by atoms with Crippen molar-refractivity contribution in [2.45, 2.75) is 6.92 Å². The molecule has 0 fully saturated rings. The van der Waals surface area contributed by atoms with E-state index in [1.807, 2.05) is 19.1 Å². The van der Waals surface area contributed by atoms with Gasteiger partial charge in [-0.05, 0) is 30.7 Å². The molecule has 0 aliphatic rings. The summed E-state index contributed by atoms with van der Waals surface area (Å²) in [6.07, 6.45) is 3.33. The zero-order valence-electron chi connectivity index (χ0n) is 8.31. The fraction of sp³-hybridized carbons (Fsp3) is 0.0909. The molecule has 0 bridgehead atoms. The van der Waals surface area contributed by atoms with Gasteiger partial charge in [0.15, 0.2) is 0 Å². The molecule has 0 amide bonds. The van der Waals surface area contributed by atoms with E-state index in [1.54, 1.807) is 23.1 Å². The number of nitriles is 1. The molecule has 4 heteroatoms. The Morgan fingerprint density at radius 1 is 1.47 bits per heavy atom. The number of nitrogen functional groups attached to an aromatic ring is 1. The van der Waals surface area contributed by atoms with Crippen molar-refractivity contribution in [3.63, 3.8) is 0 Å². The number of rotatable bonds is 1. The third-order valence-corrected chi connectivity index (χ3v) is 2.20. The lowest BCUT2D eigenvalue weighted by Crippen LogP contribution is -1.95. The molecule has 0 atom stereocenters. The van der Waals surface area contributed by atoms with Crippen molar-refractivity contribution in [1.82, 2.24) is 9.78 Å². The molecule has 0 aliphatic heterocycles. The number of aryl methyl sites for hydroxylation is 1. The first kappa shape index (κ1) is 9.28. The van der Waals surface area contributed by atoms with Crippen LogP contribution < -0.4 is 5.73 Å². The number of benzene rings is 1. The first-order chi connectivity index (χ1) is 7.20. The summed E-state index contributed by atoms with van der Waals surface area (Å²) in [5, 5.41) is 12.9. The van der Waals surface area contributed by atoms with E-state index in [1.165, 1.54) is 0 Å². The summed E-state index contributed by atoms with van der Waals surface area (Å²) in [6, 6.07) is 7.66. The van der Waals surface area contributed by atoms with E-state index in [9.17, 15) is 0 Å². The summed E-state index contributed by atoms with van der Waals surface area (Å²) in [5.41, 5.74) is 8.72. The Hall–Kier alpha value is -2.28. The molecule has 0 aliphatic carbocycles. The molecular formula is C11H10N4. The Labute approximate surface area is 87.6 Å². The van der Waals surface area contributed by atoms with Crippen LogP contribution in [-0.4, -0.2) is 9.78 Å². The predicted octanol–water partition coefficient (Wildman–Crippen LogP) is 1.63. The second-order valence-electron chi connectivity index (χ2n) is 3.33. The van der Waals surface area contributed by atoms with Crippen LogP contribution >= 0.6 is 0 Å². The summed E-state index contributed by atoms with van der Waals surface area (Å²) < 4.78 is 1.68. The van der Waals surface area contributed by atoms with E-state index in [-0.39, 0.29) is 0 Å². The quantitative estimate of drug-likeness (QED) is 0.757. The zero-order chi connectivity index (χ0) is 10.8. The molecule has 74 valence electrons. The molecule has 0 radical (unpaired) electrons. The SMILES string of the molecule is Cc1cc(-n2cc(N)cn2)ccc1C#N. The molecule has 1 aromatic heterocycles. The van der Waals surface area contributed by atoms with Gasteiger partial charge in [0.2, 0.25) is 0 Å². The van der Waals surface area contributed by atoms with Gasteiger partial charge in [-0.3, -0.25) is 0 Å². The summed E-state index contributed by atoms with van der Waals surface area (Å²) in [6.45, 7) is 1.90. The number of nitrogens with zero attached hydrogens (tertiary/aromatic N) is 3. The van der Waals surface area contributed by atoms with Crippen LogP contribution in [0.15, 0.2) is 30.6 Å². The predicted molar refractivity (Wildman–Crippen MR) is 57.4 cm³/mol. The summed E-state index contributed by atoms with van der Waals surface area (Å²) in [7, 11) is 0.